The molecule has 1 atom stereocenters. The van der Waals surface area contributed by atoms with Crippen molar-refractivity contribution in [1.82, 2.24) is 10.2 Å². The number of nitrogens with zero attached hydrogens (tertiary/aromatic N) is 2. The molecule has 3 N–H and O–H groups in total. The molecule has 2 aliphatic heterocycles. The van der Waals surface area contributed by atoms with E-state index >= 15 is 0 Å². The molecule has 0 spiro atoms. The minimum absolute atomic E-state index is 0.289. The van der Waals surface area contributed by atoms with E-state index in [9.17, 15) is 9.59 Å². The van der Waals surface area contributed by atoms with Crippen LogP contribution in [0.4, 0.5) is 16.2 Å². The fourth-order valence-corrected chi connectivity index (χ4v) is 5.29. The predicted molar refractivity (Wildman–Crippen MR) is 132 cm³/mol. The van der Waals surface area contributed by atoms with Gasteiger partial charge in [-0.3, -0.25) is 10.2 Å². The zero-order valence-corrected chi connectivity index (χ0v) is 20.8. The lowest BCUT2D eigenvalue weighted by molar-refractivity contribution is -0.121. The maximum Gasteiger partial charge on any atom is 0.414 e. The van der Waals surface area contributed by atoms with Crippen molar-refractivity contribution in [3.63, 3.8) is 0 Å². The van der Waals surface area contributed by atoms with Crippen LogP contribution in [0.5, 0.6) is 5.06 Å². The van der Waals surface area contributed by atoms with E-state index in [2.05, 4.69) is 26.6 Å². The molecule has 2 amide bonds. The maximum atomic E-state index is 13.4. The highest BCUT2D eigenvalue weighted by molar-refractivity contribution is 9.11. The van der Waals surface area contributed by atoms with Gasteiger partial charge in [-0.15, -0.1) is 0 Å². The standard InChI is InChI=1S/C22H26BrN5O4S/c1-14-11-15(3-4-16(14)28-9-10-31-12-18(28)24)25-20(29)22(7-8-27(2)13-22)26-21(30)32-19-6-5-17(23)33-19/h3-6,11,24H,7-10,12-13H2,1-2H3,(H,25,29)(H,26,30). The smallest absolute Gasteiger partial charge is 0.399 e. The molecule has 4 rings (SSSR count). The molecule has 2 aromatic rings. The molecule has 176 valence electrons. The normalized spacial score (nSPS) is 21.2. The van der Waals surface area contributed by atoms with Gasteiger partial charge in [0, 0.05) is 31.0 Å². The summed E-state index contributed by atoms with van der Waals surface area (Å²) >= 11 is 4.64. The minimum atomic E-state index is -1.10. The number of amides is 2. The van der Waals surface area contributed by atoms with Crippen molar-refractivity contribution in [1.29, 1.82) is 5.41 Å². The van der Waals surface area contributed by atoms with E-state index in [-0.39, 0.29) is 12.5 Å². The molecule has 3 heterocycles. The Morgan fingerprint density at radius 2 is 2.09 bits per heavy atom. The zero-order chi connectivity index (χ0) is 23.6. The summed E-state index contributed by atoms with van der Waals surface area (Å²) in [5.41, 5.74) is 1.39. The van der Waals surface area contributed by atoms with Crippen LogP contribution in [0, 0.1) is 12.3 Å². The molecule has 9 nitrogen and oxygen atoms in total. The molecule has 1 aromatic heterocycles. The molecular weight excluding hydrogens is 510 g/mol. The van der Waals surface area contributed by atoms with Crippen molar-refractivity contribution in [2.75, 3.05) is 50.1 Å². The number of benzene rings is 1. The highest BCUT2D eigenvalue weighted by Gasteiger charge is 2.45. The van der Waals surface area contributed by atoms with E-state index in [0.29, 0.717) is 49.2 Å². The summed E-state index contributed by atoms with van der Waals surface area (Å²) in [4.78, 5) is 29.8. The average Bonchev–Trinajstić information content (AvgIpc) is 3.34. The second-order valence-corrected chi connectivity index (χ2v) is 10.7. The van der Waals surface area contributed by atoms with Gasteiger partial charge in [-0.2, -0.15) is 0 Å². The monoisotopic (exact) mass is 535 g/mol. The van der Waals surface area contributed by atoms with E-state index in [1.807, 2.05) is 42.0 Å². The number of carbonyl (C=O) groups is 2. The molecular formula is C22H26BrN5O4S. The Morgan fingerprint density at radius 1 is 1.27 bits per heavy atom. The number of morpholine rings is 1. The van der Waals surface area contributed by atoms with Gasteiger partial charge in [0.15, 0.2) is 5.06 Å². The van der Waals surface area contributed by atoms with Crippen molar-refractivity contribution < 1.29 is 19.1 Å². The number of halogens is 1. The molecule has 0 radical (unpaired) electrons. The summed E-state index contributed by atoms with van der Waals surface area (Å²) in [5, 5.41) is 14.3. The highest BCUT2D eigenvalue weighted by Crippen LogP contribution is 2.30. The first kappa shape index (κ1) is 23.7. The Hall–Kier alpha value is -2.47. The number of thiophene rings is 1. The van der Waals surface area contributed by atoms with Gasteiger partial charge in [0.2, 0.25) is 0 Å². The Morgan fingerprint density at radius 3 is 2.73 bits per heavy atom. The molecule has 11 heteroatoms. The van der Waals surface area contributed by atoms with Gasteiger partial charge in [0.25, 0.3) is 5.91 Å². The molecule has 2 aliphatic rings. The summed E-state index contributed by atoms with van der Waals surface area (Å²) in [6, 6.07) is 9.08. The van der Waals surface area contributed by atoms with Crippen molar-refractivity contribution in [3.8, 4) is 5.06 Å². The molecule has 1 unspecified atom stereocenters. The number of ether oxygens (including phenoxy) is 2. The summed E-state index contributed by atoms with van der Waals surface area (Å²) in [5.74, 6) is 0.122. The topological polar surface area (TPSA) is 107 Å². The van der Waals surface area contributed by atoms with Crippen molar-refractivity contribution in [3.05, 3.63) is 39.7 Å². The number of rotatable bonds is 5. The van der Waals surface area contributed by atoms with E-state index in [1.54, 1.807) is 12.1 Å². The number of aryl methyl sites for hydroxylation is 1. The lowest BCUT2D eigenvalue weighted by Crippen LogP contribution is -2.58. The number of likely N-dealkylation sites (tertiary alicyclic amines) is 1. The first-order valence-corrected chi connectivity index (χ1v) is 12.2. The third kappa shape index (κ3) is 5.37. The number of hydrogen-bond acceptors (Lipinski definition) is 7. The lowest BCUT2D eigenvalue weighted by atomic mass is 9.97. The van der Waals surface area contributed by atoms with Crippen LogP contribution in [-0.4, -0.2) is 68.2 Å². The van der Waals surface area contributed by atoms with Gasteiger partial charge < -0.3 is 29.9 Å². The SMILES string of the molecule is Cc1cc(NC(=O)C2(NC(=O)Oc3ccc(Br)s3)CCN(C)C2)ccc1N1CCOCC1=N. The van der Waals surface area contributed by atoms with Crippen molar-refractivity contribution >= 4 is 56.5 Å². The van der Waals surface area contributed by atoms with E-state index < -0.39 is 11.6 Å². The summed E-state index contributed by atoms with van der Waals surface area (Å²) in [6.07, 6.45) is -0.187. The number of hydrogen-bond donors (Lipinski definition) is 3. The fourth-order valence-electron chi connectivity index (χ4n) is 4.10. The largest absolute Gasteiger partial charge is 0.414 e. The van der Waals surface area contributed by atoms with E-state index in [1.165, 1.54) is 11.3 Å². The summed E-state index contributed by atoms with van der Waals surface area (Å²) in [6.45, 7) is 4.48. The first-order valence-electron chi connectivity index (χ1n) is 10.5. The number of anilines is 2. The van der Waals surface area contributed by atoms with Gasteiger partial charge >= 0.3 is 6.09 Å². The third-order valence-corrected chi connectivity index (χ3v) is 7.25. The molecule has 1 aromatic carbocycles. The lowest BCUT2D eigenvalue weighted by Gasteiger charge is -2.31. The Bertz CT molecular complexity index is 1080. The molecule has 2 saturated heterocycles. The number of nitrogens with one attached hydrogen (secondary N) is 3. The second-order valence-electron chi connectivity index (χ2n) is 8.25. The molecule has 0 aliphatic carbocycles. The number of likely N-dealkylation sites (N-methyl/N-ethyl adjacent to an activating group) is 1. The predicted octanol–water partition coefficient (Wildman–Crippen LogP) is 3.43. The number of amidine groups is 1. The Balaban J connectivity index is 1.47. The number of carbonyl (C=O) groups excluding carboxylic acids is 2. The van der Waals surface area contributed by atoms with E-state index in [0.717, 1.165) is 15.0 Å². The van der Waals surface area contributed by atoms with Gasteiger partial charge in [-0.1, -0.05) is 11.3 Å². The fraction of sp³-hybridized carbons (Fsp3) is 0.409. The molecule has 33 heavy (non-hydrogen) atoms. The quantitative estimate of drug-likeness (QED) is 0.541. The Kier molecular flexibility index (Phi) is 7.03. The molecule has 0 saturated carbocycles. The van der Waals surface area contributed by atoms with E-state index in [4.69, 9.17) is 14.9 Å². The van der Waals surface area contributed by atoms with Crippen LogP contribution in [-0.2, 0) is 9.53 Å². The van der Waals surface area contributed by atoms with Crippen LogP contribution < -0.4 is 20.3 Å². The second kappa shape index (κ2) is 9.80. The zero-order valence-electron chi connectivity index (χ0n) is 18.4. The average molecular weight is 536 g/mol. The Labute approximate surface area is 204 Å². The first-order chi connectivity index (χ1) is 15.8. The van der Waals surface area contributed by atoms with Crippen LogP contribution in [0.15, 0.2) is 34.1 Å². The van der Waals surface area contributed by atoms with Gasteiger partial charge in [-0.25, -0.2) is 4.79 Å². The van der Waals surface area contributed by atoms with Crippen molar-refractivity contribution in [2.45, 2.75) is 18.9 Å². The van der Waals surface area contributed by atoms with Gasteiger partial charge in [0.05, 0.1) is 10.4 Å². The van der Waals surface area contributed by atoms with Crippen LogP contribution >= 0.6 is 27.3 Å². The summed E-state index contributed by atoms with van der Waals surface area (Å²) < 4.78 is 11.5. The van der Waals surface area contributed by atoms with Crippen LogP contribution in [0.25, 0.3) is 0 Å². The highest BCUT2D eigenvalue weighted by atomic mass is 79.9. The van der Waals surface area contributed by atoms with Crippen LogP contribution in [0.3, 0.4) is 0 Å². The minimum Gasteiger partial charge on any atom is -0.399 e. The third-order valence-electron chi connectivity index (χ3n) is 5.75. The van der Waals surface area contributed by atoms with Gasteiger partial charge in [-0.05, 0) is 72.2 Å². The molecule has 2 fully saturated rings. The van der Waals surface area contributed by atoms with Crippen molar-refractivity contribution in [2.24, 2.45) is 0 Å². The maximum absolute atomic E-state index is 13.4. The van der Waals surface area contributed by atoms with Gasteiger partial charge in [0.1, 0.15) is 18.0 Å². The summed E-state index contributed by atoms with van der Waals surface area (Å²) in [7, 11) is 1.91. The van der Waals surface area contributed by atoms with Crippen LogP contribution in [0.1, 0.15) is 12.0 Å². The van der Waals surface area contributed by atoms with Crippen LogP contribution in [0.2, 0.25) is 0 Å². The molecule has 0 bridgehead atoms.